The number of ether oxygens (including phenoxy) is 1. The van der Waals surface area contributed by atoms with Crippen molar-refractivity contribution in [2.75, 3.05) is 26.2 Å². The average molecular weight is 267 g/mol. The highest BCUT2D eigenvalue weighted by Crippen LogP contribution is 2.18. The lowest BCUT2D eigenvalue weighted by molar-refractivity contribution is -0.0863. The average Bonchev–Trinajstić information content (AvgIpc) is 2.36. The van der Waals surface area contributed by atoms with Gasteiger partial charge in [-0.3, -0.25) is 9.88 Å². The zero-order valence-electron chi connectivity index (χ0n) is 11.6. The molecule has 0 amide bonds. The van der Waals surface area contributed by atoms with Crippen molar-refractivity contribution in [3.63, 3.8) is 0 Å². The first-order chi connectivity index (χ1) is 8.96. The monoisotopic (exact) mass is 267 g/mol. The Balaban J connectivity index is 1.83. The number of nitrogens with zero attached hydrogens (tertiary/aromatic N) is 2. The lowest BCUT2D eigenvalue weighted by Gasteiger charge is -2.38. The highest BCUT2D eigenvalue weighted by Gasteiger charge is 2.27. The molecule has 0 aliphatic carbocycles. The van der Waals surface area contributed by atoms with Crippen LogP contribution in [0.1, 0.15) is 32.0 Å². The summed E-state index contributed by atoms with van der Waals surface area (Å²) in [7, 11) is 0. The van der Waals surface area contributed by atoms with Crippen molar-refractivity contribution in [2.24, 2.45) is 5.73 Å². The fourth-order valence-electron chi connectivity index (χ4n) is 2.38. The van der Waals surface area contributed by atoms with E-state index < -0.39 is 0 Å². The van der Waals surface area contributed by atoms with Crippen LogP contribution in [0.3, 0.4) is 0 Å². The summed E-state index contributed by atoms with van der Waals surface area (Å²) in [5.74, 6) is -0.328. The molecule has 5 heteroatoms. The Morgan fingerprint density at radius 3 is 2.95 bits per heavy atom. The van der Waals surface area contributed by atoms with Crippen LogP contribution in [0, 0.1) is 5.82 Å². The number of hydrogen-bond donors (Lipinski definition) is 1. The Bertz CT molecular complexity index is 408. The minimum Gasteiger partial charge on any atom is -0.373 e. The van der Waals surface area contributed by atoms with Crippen molar-refractivity contribution >= 4 is 0 Å². The second-order valence-electron chi connectivity index (χ2n) is 5.68. The number of nitrogens with two attached hydrogens (primary N) is 1. The van der Waals surface area contributed by atoms with Crippen LogP contribution in [0.25, 0.3) is 0 Å². The van der Waals surface area contributed by atoms with Crippen LogP contribution in [-0.4, -0.2) is 41.7 Å². The van der Waals surface area contributed by atoms with Gasteiger partial charge in [-0.2, -0.15) is 0 Å². The number of halogens is 1. The summed E-state index contributed by atoms with van der Waals surface area (Å²) in [5, 5.41) is 0. The summed E-state index contributed by atoms with van der Waals surface area (Å²) in [6.45, 7) is 7.72. The molecule has 1 aliphatic rings. The third-order valence-corrected chi connectivity index (χ3v) is 3.39. The molecule has 0 saturated carbocycles. The quantitative estimate of drug-likeness (QED) is 0.902. The maximum atomic E-state index is 12.8. The van der Waals surface area contributed by atoms with Gasteiger partial charge in [0.25, 0.3) is 0 Å². The zero-order valence-corrected chi connectivity index (χ0v) is 11.6. The SMILES string of the molecule is CC1(C)CN(CCC(N)c2ccc(F)cn2)CCO1. The third-order valence-electron chi connectivity index (χ3n) is 3.39. The lowest BCUT2D eigenvalue weighted by atomic mass is 10.1. The van der Waals surface area contributed by atoms with Crippen molar-refractivity contribution in [3.8, 4) is 0 Å². The molecule has 106 valence electrons. The number of rotatable bonds is 4. The molecule has 19 heavy (non-hydrogen) atoms. The summed E-state index contributed by atoms with van der Waals surface area (Å²) in [4.78, 5) is 6.38. The maximum absolute atomic E-state index is 12.8. The molecule has 0 spiro atoms. The zero-order chi connectivity index (χ0) is 13.9. The topological polar surface area (TPSA) is 51.4 Å². The van der Waals surface area contributed by atoms with E-state index in [2.05, 4.69) is 23.7 Å². The summed E-state index contributed by atoms with van der Waals surface area (Å²) >= 11 is 0. The van der Waals surface area contributed by atoms with Crippen molar-refractivity contribution in [1.82, 2.24) is 9.88 Å². The van der Waals surface area contributed by atoms with Crippen LogP contribution in [-0.2, 0) is 4.74 Å². The number of pyridine rings is 1. The van der Waals surface area contributed by atoms with E-state index in [0.717, 1.165) is 38.4 Å². The van der Waals surface area contributed by atoms with Gasteiger partial charge >= 0.3 is 0 Å². The van der Waals surface area contributed by atoms with Gasteiger partial charge in [0.05, 0.1) is 24.1 Å². The first-order valence-corrected chi connectivity index (χ1v) is 6.70. The largest absolute Gasteiger partial charge is 0.373 e. The van der Waals surface area contributed by atoms with Gasteiger partial charge in [0.1, 0.15) is 5.82 Å². The predicted octanol–water partition coefficient (Wildman–Crippen LogP) is 1.72. The van der Waals surface area contributed by atoms with Gasteiger partial charge < -0.3 is 10.5 Å². The van der Waals surface area contributed by atoms with Gasteiger partial charge in [-0.05, 0) is 32.4 Å². The molecule has 1 aromatic rings. The molecule has 1 atom stereocenters. The predicted molar refractivity (Wildman–Crippen MR) is 72.2 cm³/mol. The Morgan fingerprint density at radius 1 is 1.53 bits per heavy atom. The van der Waals surface area contributed by atoms with Crippen LogP contribution in [0.4, 0.5) is 4.39 Å². The molecule has 1 saturated heterocycles. The summed E-state index contributed by atoms with van der Waals surface area (Å²) in [6, 6.07) is 2.91. The molecule has 1 aliphatic heterocycles. The van der Waals surface area contributed by atoms with Crippen molar-refractivity contribution in [2.45, 2.75) is 31.9 Å². The third kappa shape index (κ3) is 4.23. The van der Waals surface area contributed by atoms with E-state index >= 15 is 0 Å². The van der Waals surface area contributed by atoms with E-state index in [0.29, 0.717) is 0 Å². The smallest absolute Gasteiger partial charge is 0.141 e. The van der Waals surface area contributed by atoms with Crippen LogP contribution >= 0.6 is 0 Å². The van der Waals surface area contributed by atoms with E-state index in [4.69, 9.17) is 10.5 Å². The molecular weight excluding hydrogens is 245 g/mol. The van der Waals surface area contributed by atoms with Gasteiger partial charge in [0.15, 0.2) is 0 Å². The highest BCUT2D eigenvalue weighted by atomic mass is 19.1. The Morgan fingerprint density at radius 2 is 2.32 bits per heavy atom. The van der Waals surface area contributed by atoms with Gasteiger partial charge in [-0.1, -0.05) is 0 Å². The molecule has 1 unspecified atom stereocenters. The Hall–Kier alpha value is -1.04. The lowest BCUT2D eigenvalue weighted by Crippen LogP contribution is -2.48. The van der Waals surface area contributed by atoms with E-state index in [1.165, 1.54) is 12.3 Å². The van der Waals surface area contributed by atoms with Crippen LogP contribution in [0.5, 0.6) is 0 Å². The maximum Gasteiger partial charge on any atom is 0.141 e. The molecule has 2 rings (SSSR count). The first kappa shape index (κ1) is 14.4. The first-order valence-electron chi connectivity index (χ1n) is 6.70. The molecule has 1 aromatic heterocycles. The van der Waals surface area contributed by atoms with Crippen LogP contribution in [0.2, 0.25) is 0 Å². The van der Waals surface area contributed by atoms with E-state index in [-0.39, 0.29) is 17.5 Å². The summed E-state index contributed by atoms with van der Waals surface area (Å²) in [5.41, 5.74) is 6.74. The fourth-order valence-corrected chi connectivity index (χ4v) is 2.38. The molecule has 2 N–H and O–H groups in total. The summed E-state index contributed by atoms with van der Waals surface area (Å²) in [6.07, 6.45) is 2.03. The van der Waals surface area contributed by atoms with Crippen molar-refractivity contribution in [1.29, 1.82) is 0 Å². The van der Waals surface area contributed by atoms with Gasteiger partial charge in [-0.15, -0.1) is 0 Å². The molecule has 2 heterocycles. The van der Waals surface area contributed by atoms with E-state index in [1.54, 1.807) is 6.07 Å². The fraction of sp³-hybridized carbons (Fsp3) is 0.643. The number of morpholine rings is 1. The van der Waals surface area contributed by atoms with Crippen LogP contribution < -0.4 is 5.73 Å². The van der Waals surface area contributed by atoms with Gasteiger partial charge in [0.2, 0.25) is 0 Å². The molecule has 0 bridgehead atoms. The Kier molecular flexibility index (Phi) is 4.50. The molecule has 0 radical (unpaired) electrons. The number of aromatic nitrogens is 1. The Labute approximate surface area is 113 Å². The van der Waals surface area contributed by atoms with Crippen molar-refractivity contribution < 1.29 is 9.13 Å². The minimum absolute atomic E-state index is 0.0868. The molecule has 1 fully saturated rings. The van der Waals surface area contributed by atoms with Crippen molar-refractivity contribution in [3.05, 3.63) is 29.8 Å². The second kappa shape index (κ2) is 5.94. The van der Waals surface area contributed by atoms with Gasteiger partial charge in [0, 0.05) is 25.7 Å². The van der Waals surface area contributed by atoms with E-state index in [1.807, 2.05) is 0 Å². The number of hydrogen-bond acceptors (Lipinski definition) is 4. The summed E-state index contributed by atoms with van der Waals surface area (Å²) < 4.78 is 18.5. The second-order valence-corrected chi connectivity index (χ2v) is 5.68. The minimum atomic E-state index is -0.328. The molecular formula is C14H22FN3O. The van der Waals surface area contributed by atoms with Gasteiger partial charge in [-0.25, -0.2) is 4.39 Å². The normalized spacial score (nSPS) is 21.3. The van der Waals surface area contributed by atoms with Crippen LogP contribution in [0.15, 0.2) is 18.3 Å². The standard InChI is InChI=1S/C14H22FN3O/c1-14(2)10-18(7-8-19-14)6-5-12(16)13-4-3-11(15)9-17-13/h3-4,9,12H,5-8,10,16H2,1-2H3. The molecule has 4 nitrogen and oxygen atoms in total. The van der Waals surface area contributed by atoms with E-state index in [9.17, 15) is 4.39 Å². The molecule has 0 aromatic carbocycles. The highest BCUT2D eigenvalue weighted by molar-refractivity contribution is 5.09.